The van der Waals surface area contributed by atoms with Crippen LogP contribution in [-0.4, -0.2) is 0 Å². The molecule has 1 rings (SSSR count). The third-order valence-electron chi connectivity index (χ3n) is 1.30. The quantitative estimate of drug-likeness (QED) is 0.484. The zero-order valence-electron chi connectivity index (χ0n) is 9.65. The van der Waals surface area contributed by atoms with Crippen LogP contribution in [0.2, 0.25) is 0 Å². The highest BCUT2D eigenvalue weighted by Crippen LogP contribution is 2.09. The second kappa shape index (κ2) is 13.6. The topological polar surface area (TPSA) is 0 Å². The number of allylic oxidation sites excluding steroid dienone is 4. The van der Waals surface area contributed by atoms with Crippen molar-refractivity contribution in [3.8, 4) is 11.8 Å². The fraction of sp³-hybridized carbons (Fsp3) is 0.538. The van der Waals surface area contributed by atoms with Gasteiger partial charge in [0.15, 0.2) is 0 Å². The molecule has 0 heteroatoms. The van der Waals surface area contributed by atoms with Crippen molar-refractivity contribution in [2.24, 2.45) is 0 Å². The summed E-state index contributed by atoms with van der Waals surface area (Å²) in [6.07, 6.45) is 8.60. The van der Waals surface area contributed by atoms with E-state index < -0.39 is 0 Å². The summed E-state index contributed by atoms with van der Waals surface area (Å²) < 4.78 is 0. The summed E-state index contributed by atoms with van der Waals surface area (Å²) in [4.78, 5) is 0. The normalized spacial score (nSPS) is 11.9. The van der Waals surface area contributed by atoms with Gasteiger partial charge in [-0.1, -0.05) is 51.8 Å². The summed E-state index contributed by atoms with van der Waals surface area (Å²) in [5.74, 6) is 5.93. The van der Waals surface area contributed by atoms with Gasteiger partial charge < -0.3 is 0 Å². The maximum Gasteiger partial charge on any atom is 0.00231 e. The van der Waals surface area contributed by atoms with Gasteiger partial charge >= 0.3 is 0 Å². The number of hydrogen-bond donors (Lipinski definition) is 0. The average molecular weight is 178 g/mol. The van der Waals surface area contributed by atoms with Crippen LogP contribution in [0.4, 0.5) is 0 Å². The molecule has 0 saturated carbocycles. The van der Waals surface area contributed by atoms with E-state index in [2.05, 4.69) is 30.1 Å². The van der Waals surface area contributed by atoms with Gasteiger partial charge in [-0.3, -0.25) is 0 Å². The molecule has 0 spiro atoms. The molecule has 0 fully saturated rings. The predicted octanol–water partition coefficient (Wildman–Crippen LogP) is 4.34. The maximum absolute atomic E-state index is 3.04. The molecule has 0 heterocycles. The second-order valence-corrected chi connectivity index (χ2v) is 2.03. The molecule has 13 heavy (non-hydrogen) atoms. The molecule has 1 aliphatic carbocycles. The Morgan fingerprint density at radius 2 is 1.77 bits per heavy atom. The van der Waals surface area contributed by atoms with Crippen LogP contribution in [0.5, 0.6) is 0 Å². The van der Waals surface area contributed by atoms with Gasteiger partial charge in [-0.05, 0) is 19.8 Å². The molecule has 0 nitrogen and oxygen atoms in total. The highest BCUT2D eigenvalue weighted by Gasteiger charge is 1.92. The minimum Gasteiger partial charge on any atom is -0.102 e. The molecule has 0 aromatic carbocycles. The van der Waals surface area contributed by atoms with E-state index in [4.69, 9.17) is 0 Å². The Bertz CT molecular complexity index is 196. The molecule has 0 aliphatic heterocycles. The lowest BCUT2D eigenvalue weighted by Gasteiger charge is -1.98. The van der Waals surface area contributed by atoms with Crippen molar-refractivity contribution in [3.63, 3.8) is 0 Å². The van der Waals surface area contributed by atoms with Crippen molar-refractivity contribution in [1.82, 2.24) is 0 Å². The molecular weight excluding hydrogens is 156 g/mol. The van der Waals surface area contributed by atoms with Crippen molar-refractivity contribution in [1.29, 1.82) is 0 Å². The van der Waals surface area contributed by atoms with Crippen molar-refractivity contribution in [2.45, 2.75) is 47.5 Å². The van der Waals surface area contributed by atoms with E-state index in [1.807, 2.05) is 34.6 Å². The molecule has 74 valence electrons. The minimum absolute atomic E-state index is 1.12. The summed E-state index contributed by atoms with van der Waals surface area (Å²) in [5.41, 5.74) is 1.26. The standard InChI is InChI=1S/C9H10.2C2H6/c1-2-6-9-7-4-3-5-8-9;2*1-2/h3-4,7H,5,8H2,1H3;2*1-2H3. The van der Waals surface area contributed by atoms with Crippen LogP contribution in [0.25, 0.3) is 0 Å². The number of hydrogen-bond acceptors (Lipinski definition) is 0. The summed E-state index contributed by atoms with van der Waals surface area (Å²) in [5, 5.41) is 0. The van der Waals surface area contributed by atoms with E-state index in [1.54, 1.807) is 0 Å². The fourth-order valence-electron chi connectivity index (χ4n) is 0.867. The zero-order valence-corrected chi connectivity index (χ0v) is 9.65. The van der Waals surface area contributed by atoms with Crippen LogP contribution in [0.1, 0.15) is 47.5 Å². The van der Waals surface area contributed by atoms with E-state index in [-0.39, 0.29) is 0 Å². The van der Waals surface area contributed by atoms with Gasteiger partial charge in [0, 0.05) is 5.57 Å². The highest BCUT2D eigenvalue weighted by atomic mass is 14.0. The minimum atomic E-state index is 1.12. The van der Waals surface area contributed by atoms with Crippen molar-refractivity contribution >= 4 is 0 Å². The van der Waals surface area contributed by atoms with Gasteiger partial charge in [-0.2, -0.15) is 0 Å². The van der Waals surface area contributed by atoms with Crippen LogP contribution in [0.15, 0.2) is 23.8 Å². The first-order valence-electron chi connectivity index (χ1n) is 5.22. The van der Waals surface area contributed by atoms with E-state index in [0.717, 1.165) is 12.8 Å². The van der Waals surface area contributed by atoms with E-state index >= 15 is 0 Å². The fourth-order valence-corrected chi connectivity index (χ4v) is 0.867. The highest BCUT2D eigenvalue weighted by molar-refractivity contribution is 5.33. The molecule has 0 aromatic rings. The van der Waals surface area contributed by atoms with E-state index in [9.17, 15) is 0 Å². The van der Waals surface area contributed by atoms with Gasteiger partial charge in [0.05, 0.1) is 0 Å². The van der Waals surface area contributed by atoms with Crippen molar-refractivity contribution < 1.29 is 0 Å². The monoisotopic (exact) mass is 178 g/mol. The first kappa shape index (κ1) is 14.6. The predicted molar refractivity (Wildman–Crippen MR) is 62.6 cm³/mol. The molecule has 0 unspecified atom stereocenters. The SMILES string of the molecule is CC.CC.CC#CC1=CC=CCC1. The van der Waals surface area contributed by atoms with E-state index in [0.29, 0.717) is 0 Å². The molecule has 1 aliphatic rings. The summed E-state index contributed by atoms with van der Waals surface area (Å²) in [7, 11) is 0. The third kappa shape index (κ3) is 8.95. The van der Waals surface area contributed by atoms with Gasteiger partial charge in [0.2, 0.25) is 0 Å². The molecule has 0 saturated heterocycles. The lowest BCUT2D eigenvalue weighted by Crippen LogP contribution is -1.81. The summed E-state index contributed by atoms with van der Waals surface area (Å²) >= 11 is 0. The molecule has 0 aromatic heterocycles. The van der Waals surface area contributed by atoms with Gasteiger partial charge in [0.1, 0.15) is 0 Å². The molecule has 0 N–H and O–H groups in total. The average Bonchev–Trinajstić information content (AvgIpc) is 2.26. The Labute approximate surface area is 83.7 Å². The Morgan fingerprint density at radius 1 is 1.15 bits per heavy atom. The molecular formula is C13H22. The van der Waals surface area contributed by atoms with Crippen LogP contribution in [0, 0.1) is 11.8 Å². The lowest BCUT2D eigenvalue weighted by atomic mass is 10.1. The van der Waals surface area contributed by atoms with Crippen LogP contribution in [-0.2, 0) is 0 Å². The van der Waals surface area contributed by atoms with Crippen LogP contribution in [0.3, 0.4) is 0 Å². The van der Waals surface area contributed by atoms with Gasteiger partial charge in [-0.25, -0.2) is 0 Å². The Hall–Kier alpha value is -0.960. The van der Waals surface area contributed by atoms with Crippen molar-refractivity contribution in [2.75, 3.05) is 0 Å². The Balaban J connectivity index is 0. The third-order valence-corrected chi connectivity index (χ3v) is 1.30. The molecule has 0 radical (unpaired) electrons. The molecule has 0 bridgehead atoms. The van der Waals surface area contributed by atoms with E-state index in [1.165, 1.54) is 5.57 Å². The smallest absolute Gasteiger partial charge is 0.00231 e. The summed E-state index contributed by atoms with van der Waals surface area (Å²) in [6, 6.07) is 0. The van der Waals surface area contributed by atoms with Gasteiger partial charge in [-0.15, -0.1) is 5.92 Å². The Morgan fingerprint density at radius 3 is 2.15 bits per heavy atom. The lowest BCUT2D eigenvalue weighted by molar-refractivity contribution is 1.000. The zero-order chi connectivity index (χ0) is 10.5. The molecule has 0 amide bonds. The van der Waals surface area contributed by atoms with Crippen LogP contribution < -0.4 is 0 Å². The van der Waals surface area contributed by atoms with Gasteiger partial charge in [0.25, 0.3) is 0 Å². The first-order valence-corrected chi connectivity index (χ1v) is 5.22. The van der Waals surface area contributed by atoms with Crippen LogP contribution >= 0.6 is 0 Å². The Kier molecular flexibility index (Phi) is 15.2. The first-order chi connectivity index (χ1) is 6.43. The molecule has 0 atom stereocenters. The number of rotatable bonds is 0. The maximum atomic E-state index is 3.04. The second-order valence-electron chi connectivity index (χ2n) is 2.03. The summed E-state index contributed by atoms with van der Waals surface area (Å²) in [6.45, 7) is 9.87. The largest absolute Gasteiger partial charge is 0.102 e. The van der Waals surface area contributed by atoms with Crippen molar-refractivity contribution in [3.05, 3.63) is 23.8 Å².